The number of hydrogen-bond donors (Lipinski definition) is 1. The molecule has 2 rings (SSSR count). The van der Waals surface area contributed by atoms with Crippen LogP contribution in [-0.2, 0) is 4.74 Å². The first-order valence-corrected chi connectivity index (χ1v) is 6.86. The molecular formula is C11H20N4OS. The summed E-state index contributed by atoms with van der Waals surface area (Å²) in [5.74, 6) is 0.772. The molecule has 1 heterocycles. The van der Waals surface area contributed by atoms with Gasteiger partial charge in [-0.05, 0) is 26.2 Å². The number of rotatable bonds is 6. The number of ether oxygens (including phenoxy) is 1. The van der Waals surface area contributed by atoms with Gasteiger partial charge in [-0.1, -0.05) is 0 Å². The third kappa shape index (κ3) is 2.75. The van der Waals surface area contributed by atoms with E-state index in [1.54, 1.807) is 7.11 Å². The molecule has 1 atom stereocenters. The predicted molar refractivity (Wildman–Crippen MR) is 69.4 cm³/mol. The molecule has 6 heteroatoms. The molecule has 96 valence electrons. The van der Waals surface area contributed by atoms with Crippen molar-refractivity contribution in [2.24, 2.45) is 5.73 Å². The summed E-state index contributed by atoms with van der Waals surface area (Å²) >= 11 is 1.45. The Morgan fingerprint density at radius 1 is 1.59 bits per heavy atom. The summed E-state index contributed by atoms with van der Waals surface area (Å²) in [6.45, 7) is 3.48. The molecule has 1 fully saturated rings. The maximum Gasteiger partial charge on any atom is 0.205 e. The van der Waals surface area contributed by atoms with Gasteiger partial charge in [0.15, 0.2) is 5.82 Å². The van der Waals surface area contributed by atoms with E-state index < -0.39 is 0 Å². The molecule has 0 bridgehead atoms. The largest absolute Gasteiger partial charge is 0.374 e. The van der Waals surface area contributed by atoms with Crippen LogP contribution in [0.4, 0.5) is 5.13 Å². The van der Waals surface area contributed by atoms with Crippen LogP contribution in [0.1, 0.15) is 38.1 Å². The fraction of sp³-hybridized carbons (Fsp3) is 0.818. The van der Waals surface area contributed by atoms with Crippen molar-refractivity contribution in [1.29, 1.82) is 0 Å². The van der Waals surface area contributed by atoms with Gasteiger partial charge in [0, 0.05) is 37.8 Å². The smallest absolute Gasteiger partial charge is 0.205 e. The molecule has 0 radical (unpaired) electrons. The van der Waals surface area contributed by atoms with E-state index in [2.05, 4.69) is 14.3 Å². The highest BCUT2D eigenvalue weighted by Gasteiger charge is 2.27. The summed E-state index contributed by atoms with van der Waals surface area (Å²) < 4.78 is 9.58. The van der Waals surface area contributed by atoms with Crippen LogP contribution in [0.3, 0.4) is 0 Å². The molecule has 1 aliphatic carbocycles. The Hall–Kier alpha value is -0.720. The van der Waals surface area contributed by atoms with Crippen molar-refractivity contribution < 1.29 is 4.74 Å². The fourth-order valence-corrected chi connectivity index (χ4v) is 2.73. The summed E-state index contributed by atoms with van der Waals surface area (Å²) in [6, 6.07) is 0.609. The quantitative estimate of drug-likeness (QED) is 0.837. The minimum atomic E-state index is -0.0406. The van der Waals surface area contributed by atoms with Crippen molar-refractivity contribution in [3.05, 3.63) is 5.82 Å². The van der Waals surface area contributed by atoms with Crippen LogP contribution >= 0.6 is 11.5 Å². The molecule has 0 saturated heterocycles. The third-order valence-electron chi connectivity index (χ3n) is 3.28. The van der Waals surface area contributed by atoms with E-state index in [0.29, 0.717) is 12.6 Å². The van der Waals surface area contributed by atoms with Gasteiger partial charge >= 0.3 is 0 Å². The highest BCUT2D eigenvalue weighted by Crippen LogP contribution is 2.31. The van der Waals surface area contributed by atoms with Crippen LogP contribution in [-0.4, -0.2) is 35.6 Å². The summed E-state index contributed by atoms with van der Waals surface area (Å²) in [6.07, 6.45) is 3.76. The monoisotopic (exact) mass is 256 g/mol. The summed E-state index contributed by atoms with van der Waals surface area (Å²) in [5.41, 5.74) is 5.67. The summed E-state index contributed by atoms with van der Waals surface area (Å²) in [7, 11) is 1.68. The van der Waals surface area contributed by atoms with Crippen molar-refractivity contribution in [3.63, 3.8) is 0 Å². The van der Waals surface area contributed by atoms with Crippen LogP contribution < -0.4 is 10.6 Å². The minimum absolute atomic E-state index is 0.0406. The van der Waals surface area contributed by atoms with Crippen molar-refractivity contribution in [1.82, 2.24) is 9.36 Å². The number of nitrogens with zero attached hydrogens (tertiary/aromatic N) is 3. The Labute approximate surface area is 106 Å². The molecule has 1 saturated carbocycles. The Morgan fingerprint density at radius 3 is 2.88 bits per heavy atom. The zero-order chi connectivity index (χ0) is 12.3. The van der Waals surface area contributed by atoms with Crippen molar-refractivity contribution >= 4 is 16.7 Å². The standard InChI is InChI=1S/C11H20N4OS/c1-8(16-2)10-13-11(17-14-10)15(7-6-12)9-4-3-5-9/h8-9H,3-7,12H2,1-2H3. The van der Waals surface area contributed by atoms with Gasteiger partial charge in [-0.15, -0.1) is 0 Å². The first kappa shape index (κ1) is 12.7. The van der Waals surface area contributed by atoms with Gasteiger partial charge in [-0.3, -0.25) is 0 Å². The molecule has 0 aromatic carbocycles. The van der Waals surface area contributed by atoms with E-state index in [-0.39, 0.29) is 6.10 Å². The highest BCUT2D eigenvalue weighted by molar-refractivity contribution is 7.09. The van der Waals surface area contributed by atoms with Crippen LogP contribution in [0.2, 0.25) is 0 Å². The van der Waals surface area contributed by atoms with E-state index in [1.165, 1.54) is 30.8 Å². The SMILES string of the molecule is COC(C)c1nsc(N(CCN)C2CCC2)n1. The van der Waals surface area contributed by atoms with Gasteiger partial charge < -0.3 is 15.4 Å². The Balaban J connectivity index is 2.09. The van der Waals surface area contributed by atoms with Crippen LogP contribution in [0.15, 0.2) is 0 Å². The topological polar surface area (TPSA) is 64.3 Å². The number of hydrogen-bond acceptors (Lipinski definition) is 6. The lowest BCUT2D eigenvalue weighted by Gasteiger charge is -2.36. The lowest BCUT2D eigenvalue weighted by atomic mass is 9.92. The van der Waals surface area contributed by atoms with Crippen LogP contribution in [0.5, 0.6) is 0 Å². The van der Waals surface area contributed by atoms with E-state index >= 15 is 0 Å². The normalized spacial score (nSPS) is 17.8. The fourth-order valence-electron chi connectivity index (χ4n) is 1.89. The number of aromatic nitrogens is 2. The maximum absolute atomic E-state index is 5.67. The number of nitrogens with two attached hydrogens (primary N) is 1. The average molecular weight is 256 g/mol. The van der Waals surface area contributed by atoms with Gasteiger partial charge in [0.25, 0.3) is 0 Å². The lowest BCUT2D eigenvalue weighted by molar-refractivity contribution is 0.113. The molecule has 1 aromatic rings. The molecule has 5 nitrogen and oxygen atoms in total. The predicted octanol–water partition coefficient (Wildman–Crippen LogP) is 1.56. The second-order valence-corrected chi connectivity index (χ2v) is 5.11. The molecule has 17 heavy (non-hydrogen) atoms. The van der Waals surface area contributed by atoms with Gasteiger partial charge in [-0.25, -0.2) is 4.98 Å². The Bertz CT molecular complexity index is 353. The molecule has 0 spiro atoms. The molecule has 0 aliphatic heterocycles. The van der Waals surface area contributed by atoms with E-state index in [0.717, 1.165) is 17.5 Å². The zero-order valence-corrected chi connectivity index (χ0v) is 11.2. The zero-order valence-electron chi connectivity index (χ0n) is 10.4. The van der Waals surface area contributed by atoms with Crippen molar-refractivity contribution in [3.8, 4) is 0 Å². The van der Waals surface area contributed by atoms with Crippen LogP contribution in [0, 0.1) is 0 Å². The molecule has 0 amide bonds. The summed E-state index contributed by atoms with van der Waals surface area (Å²) in [4.78, 5) is 6.85. The minimum Gasteiger partial charge on any atom is -0.374 e. The molecule has 1 aliphatic rings. The molecule has 1 unspecified atom stereocenters. The Morgan fingerprint density at radius 2 is 2.35 bits per heavy atom. The van der Waals surface area contributed by atoms with Crippen molar-refractivity contribution in [2.45, 2.75) is 38.3 Å². The lowest BCUT2D eigenvalue weighted by Crippen LogP contribution is -2.43. The second-order valence-electron chi connectivity index (χ2n) is 4.38. The molecular weight excluding hydrogens is 236 g/mol. The maximum atomic E-state index is 5.67. The highest BCUT2D eigenvalue weighted by atomic mass is 32.1. The molecule has 1 aromatic heterocycles. The first-order chi connectivity index (χ1) is 8.26. The third-order valence-corrected chi connectivity index (χ3v) is 4.05. The number of anilines is 1. The number of methoxy groups -OCH3 is 1. The first-order valence-electron chi connectivity index (χ1n) is 6.09. The van der Waals surface area contributed by atoms with E-state index in [4.69, 9.17) is 10.5 Å². The van der Waals surface area contributed by atoms with E-state index in [9.17, 15) is 0 Å². The van der Waals surface area contributed by atoms with Gasteiger partial charge in [0.2, 0.25) is 5.13 Å². The second kappa shape index (κ2) is 5.75. The van der Waals surface area contributed by atoms with Gasteiger partial charge in [0.1, 0.15) is 6.10 Å². The van der Waals surface area contributed by atoms with Gasteiger partial charge in [0.05, 0.1) is 0 Å². The van der Waals surface area contributed by atoms with Crippen LogP contribution in [0.25, 0.3) is 0 Å². The van der Waals surface area contributed by atoms with Crippen molar-refractivity contribution in [2.75, 3.05) is 25.1 Å². The summed E-state index contributed by atoms with van der Waals surface area (Å²) in [5, 5.41) is 0.985. The average Bonchev–Trinajstić information content (AvgIpc) is 2.74. The van der Waals surface area contributed by atoms with E-state index in [1.807, 2.05) is 6.92 Å². The Kier molecular flexibility index (Phi) is 4.31. The van der Waals surface area contributed by atoms with Gasteiger partial charge in [-0.2, -0.15) is 4.37 Å². The molecule has 2 N–H and O–H groups in total.